The highest BCUT2D eigenvalue weighted by Gasteiger charge is 2.39. The summed E-state index contributed by atoms with van der Waals surface area (Å²) in [6.45, 7) is 8.37. The van der Waals surface area contributed by atoms with Crippen LogP contribution in [0.15, 0.2) is 24.3 Å². The minimum absolute atomic E-state index is 0.00124. The first kappa shape index (κ1) is 17.4. The van der Waals surface area contributed by atoms with E-state index in [-0.39, 0.29) is 17.7 Å². The number of rotatable bonds is 2. The molecule has 1 aromatic rings. The molecule has 1 aromatic carbocycles. The summed E-state index contributed by atoms with van der Waals surface area (Å²) in [5.74, 6) is -0.354. The van der Waals surface area contributed by atoms with Gasteiger partial charge in [-0.15, -0.1) is 0 Å². The van der Waals surface area contributed by atoms with Gasteiger partial charge in [0.15, 0.2) is 5.78 Å². The molecule has 23 heavy (non-hydrogen) atoms. The summed E-state index contributed by atoms with van der Waals surface area (Å²) < 4.78 is 18.4. The van der Waals surface area contributed by atoms with Crippen molar-refractivity contribution in [1.82, 2.24) is 4.90 Å². The van der Waals surface area contributed by atoms with Gasteiger partial charge in [0.1, 0.15) is 11.4 Å². The lowest BCUT2D eigenvalue weighted by atomic mass is 9.74. The number of amides is 1. The Labute approximate surface area is 136 Å². The van der Waals surface area contributed by atoms with Gasteiger partial charge in [-0.25, -0.2) is 9.18 Å². The topological polar surface area (TPSA) is 46.6 Å². The van der Waals surface area contributed by atoms with Crippen molar-refractivity contribution in [3.63, 3.8) is 0 Å². The fourth-order valence-corrected chi connectivity index (χ4v) is 2.69. The monoisotopic (exact) mass is 321 g/mol. The lowest BCUT2D eigenvalue weighted by molar-refractivity contribution is 0.0122. The number of carbonyl (C=O) groups excluding carboxylic acids is 2. The van der Waals surface area contributed by atoms with Crippen LogP contribution < -0.4 is 0 Å². The normalized spacial score (nSPS) is 17.7. The molecule has 0 atom stereocenters. The first-order valence-corrected chi connectivity index (χ1v) is 7.89. The van der Waals surface area contributed by atoms with Crippen LogP contribution in [0.2, 0.25) is 0 Å². The van der Waals surface area contributed by atoms with Gasteiger partial charge in [0.25, 0.3) is 0 Å². The van der Waals surface area contributed by atoms with E-state index in [4.69, 9.17) is 4.74 Å². The fraction of sp³-hybridized carbons (Fsp3) is 0.556. The van der Waals surface area contributed by atoms with Crippen molar-refractivity contribution >= 4 is 11.9 Å². The highest BCUT2D eigenvalue weighted by Crippen LogP contribution is 2.35. The second-order valence-electron chi connectivity index (χ2n) is 7.36. The molecule has 4 nitrogen and oxygen atoms in total. The third-order valence-electron chi connectivity index (χ3n) is 4.17. The number of likely N-dealkylation sites (tertiary alicyclic amines) is 1. The van der Waals surface area contributed by atoms with Crippen molar-refractivity contribution in [3.8, 4) is 0 Å². The Kier molecular flexibility index (Phi) is 4.78. The van der Waals surface area contributed by atoms with Gasteiger partial charge in [-0.2, -0.15) is 0 Å². The number of Topliss-reactive ketones (excluding diaryl/α,β-unsaturated/α-hetero) is 1. The molecule has 0 saturated carbocycles. The van der Waals surface area contributed by atoms with Gasteiger partial charge in [-0.05, 0) is 57.9 Å². The van der Waals surface area contributed by atoms with Crippen molar-refractivity contribution in [2.45, 2.75) is 46.1 Å². The van der Waals surface area contributed by atoms with Gasteiger partial charge in [-0.3, -0.25) is 4.79 Å². The molecule has 0 bridgehead atoms. The minimum Gasteiger partial charge on any atom is -0.444 e. The maximum Gasteiger partial charge on any atom is 0.410 e. The van der Waals surface area contributed by atoms with Crippen LogP contribution in [0.3, 0.4) is 0 Å². The molecule has 5 heteroatoms. The van der Waals surface area contributed by atoms with E-state index < -0.39 is 11.0 Å². The Morgan fingerprint density at radius 3 is 2.13 bits per heavy atom. The Morgan fingerprint density at radius 1 is 1.13 bits per heavy atom. The molecule has 0 aromatic heterocycles. The number of ether oxygens (including phenoxy) is 1. The molecule has 1 amide bonds. The highest BCUT2D eigenvalue weighted by atomic mass is 19.1. The zero-order valence-corrected chi connectivity index (χ0v) is 14.2. The smallest absolute Gasteiger partial charge is 0.410 e. The second kappa shape index (κ2) is 6.30. The van der Waals surface area contributed by atoms with Crippen LogP contribution in [0.4, 0.5) is 9.18 Å². The number of carbonyl (C=O) groups is 2. The van der Waals surface area contributed by atoms with Crippen LogP contribution in [0, 0.1) is 11.2 Å². The largest absolute Gasteiger partial charge is 0.444 e. The van der Waals surface area contributed by atoms with Crippen molar-refractivity contribution in [2.75, 3.05) is 13.1 Å². The Balaban J connectivity index is 2.00. The lowest BCUT2D eigenvalue weighted by Crippen LogP contribution is -2.46. The molecule has 0 spiro atoms. The number of nitrogens with zero attached hydrogens (tertiary/aromatic N) is 1. The predicted molar refractivity (Wildman–Crippen MR) is 85.9 cm³/mol. The summed E-state index contributed by atoms with van der Waals surface area (Å²) in [4.78, 5) is 26.4. The van der Waals surface area contributed by atoms with Gasteiger partial charge >= 0.3 is 6.09 Å². The molecule has 0 aliphatic carbocycles. The number of benzene rings is 1. The van der Waals surface area contributed by atoms with Crippen LogP contribution >= 0.6 is 0 Å². The van der Waals surface area contributed by atoms with Crippen molar-refractivity contribution in [3.05, 3.63) is 35.6 Å². The molecule has 0 radical (unpaired) electrons. The molecule has 1 aliphatic rings. The number of piperidine rings is 1. The van der Waals surface area contributed by atoms with Crippen LogP contribution in [-0.2, 0) is 4.74 Å². The average molecular weight is 321 g/mol. The van der Waals surface area contributed by atoms with Crippen LogP contribution in [0.5, 0.6) is 0 Å². The van der Waals surface area contributed by atoms with E-state index in [1.807, 2.05) is 27.7 Å². The standard InChI is InChI=1S/C18H24FNO3/c1-17(2,3)23-16(22)20-11-9-18(4,10-12-20)15(21)13-5-7-14(19)8-6-13/h5-8H,9-12H2,1-4H3. The van der Waals surface area contributed by atoms with Gasteiger partial charge in [-0.1, -0.05) is 6.92 Å². The Hall–Kier alpha value is -1.91. The van der Waals surface area contributed by atoms with Crippen LogP contribution in [0.25, 0.3) is 0 Å². The van der Waals surface area contributed by atoms with Gasteiger partial charge in [0, 0.05) is 24.1 Å². The third-order valence-corrected chi connectivity index (χ3v) is 4.17. The van der Waals surface area contributed by atoms with Crippen molar-refractivity contribution < 1.29 is 18.7 Å². The maximum absolute atomic E-state index is 13.0. The predicted octanol–water partition coefficient (Wildman–Crippen LogP) is 4.05. The van der Waals surface area contributed by atoms with E-state index in [0.717, 1.165) is 0 Å². The van der Waals surface area contributed by atoms with E-state index in [2.05, 4.69) is 0 Å². The molecular formula is C18H24FNO3. The third kappa shape index (κ3) is 4.30. The zero-order valence-electron chi connectivity index (χ0n) is 14.2. The van der Waals surface area contributed by atoms with E-state index in [0.29, 0.717) is 31.5 Å². The number of halogens is 1. The molecule has 0 unspecified atom stereocenters. The molecule has 1 aliphatic heterocycles. The molecular weight excluding hydrogens is 297 g/mol. The minimum atomic E-state index is -0.531. The van der Waals surface area contributed by atoms with E-state index in [1.165, 1.54) is 24.3 Å². The first-order valence-electron chi connectivity index (χ1n) is 7.89. The fourth-order valence-electron chi connectivity index (χ4n) is 2.69. The maximum atomic E-state index is 13.0. The van der Waals surface area contributed by atoms with Gasteiger partial charge in [0.05, 0.1) is 0 Å². The lowest BCUT2D eigenvalue weighted by Gasteiger charge is -2.38. The van der Waals surface area contributed by atoms with Crippen molar-refractivity contribution in [2.24, 2.45) is 5.41 Å². The summed E-state index contributed by atoms with van der Waals surface area (Å²) in [5, 5.41) is 0. The van der Waals surface area contributed by atoms with E-state index in [1.54, 1.807) is 4.90 Å². The summed E-state index contributed by atoms with van der Waals surface area (Å²) >= 11 is 0. The summed E-state index contributed by atoms with van der Waals surface area (Å²) in [7, 11) is 0. The number of hydrogen-bond donors (Lipinski definition) is 0. The SMILES string of the molecule is CC(C)(C)OC(=O)N1CCC(C)(C(=O)c2ccc(F)cc2)CC1. The quantitative estimate of drug-likeness (QED) is 0.772. The molecule has 2 rings (SSSR count). The Morgan fingerprint density at radius 2 is 1.65 bits per heavy atom. The second-order valence-corrected chi connectivity index (χ2v) is 7.36. The number of ketones is 1. The molecule has 126 valence electrons. The Bertz CT molecular complexity index is 581. The summed E-state index contributed by atoms with van der Waals surface area (Å²) in [6.07, 6.45) is 0.805. The van der Waals surface area contributed by atoms with E-state index >= 15 is 0 Å². The highest BCUT2D eigenvalue weighted by molar-refractivity contribution is 6.00. The van der Waals surface area contributed by atoms with Crippen LogP contribution in [-0.4, -0.2) is 35.5 Å². The molecule has 1 heterocycles. The molecule has 0 N–H and O–H groups in total. The summed E-state index contributed by atoms with van der Waals surface area (Å²) in [5.41, 5.74) is -0.544. The zero-order chi connectivity index (χ0) is 17.3. The van der Waals surface area contributed by atoms with Crippen molar-refractivity contribution in [1.29, 1.82) is 0 Å². The summed E-state index contributed by atoms with van der Waals surface area (Å²) in [6, 6.07) is 5.63. The molecule has 1 saturated heterocycles. The van der Waals surface area contributed by atoms with Gasteiger partial charge < -0.3 is 9.64 Å². The van der Waals surface area contributed by atoms with E-state index in [9.17, 15) is 14.0 Å². The first-order chi connectivity index (χ1) is 10.6. The average Bonchev–Trinajstić information content (AvgIpc) is 2.46. The van der Waals surface area contributed by atoms with Gasteiger partial charge in [0.2, 0.25) is 0 Å². The molecule has 1 fully saturated rings. The number of hydrogen-bond acceptors (Lipinski definition) is 3. The van der Waals surface area contributed by atoms with Crippen LogP contribution in [0.1, 0.15) is 50.9 Å².